The van der Waals surface area contributed by atoms with E-state index in [1.54, 1.807) is 6.07 Å². The Morgan fingerprint density at radius 2 is 2.11 bits per heavy atom. The van der Waals surface area contributed by atoms with Gasteiger partial charge in [0.2, 0.25) is 0 Å². The predicted octanol–water partition coefficient (Wildman–Crippen LogP) is 3.20. The van der Waals surface area contributed by atoms with Crippen LogP contribution in [0.4, 0.5) is 15.9 Å². The smallest absolute Gasteiger partial charge is 0.164 e. The van der Waals surface area contributed by atoms with Crippen LogP contribution in [0.1, 0.15) is 6.42 Å². The van der Waals surface area contributed by atoms with E-state index in [-0.39, 0.29) is 11.3 Å². The molecule has 4 rings (SSSR count). The molecule has 0 bridgehead atoms. The second-order valence-electron chi connectivity index (χ2n) is 6.28. The molecule has 1 aromatic heterocycles. The lowest BCUT2D eigenvalue weighted by Crippen LogP contribution is -2.37. The summed E-state index contributed by atoms with van der Waals surface area (Å²) in [5, 5.41) is 7.12. The van der Waals surface area contributed by atoms with Crippen molar-refractivity contribution < 1.29 is 13.9 Å². The highest BCUT2D eigenvalue weighted by Crippen LogP contribution is 2.37. The first-order valence-electron chi connectivity index (χ1n) is 8.88. The van der Waals surface area contributed by atoms with Crippen molar-refractivity contribution in [3.63, 3.8) is 0 Å². The van der Waals surface area contributed by atoms with Gasteiger partial charge in [-0.1, -0.05) is 11.6 Å². The molecule has 2 heterocycles. The summed E-state index contributed by atoms with van der Waals surface area (Å²) in [5.41, 5.74) is 6.77. The van der Waals surface area contributed by atoms with E-state index in [2.05, 4.69) is 20.6 Å². The molecule has 2 aromatic carbocycles. The van der Waals surface area contributed by atoms with E-state index in [1.807, 2.05) is 12.1 Å². The molecule has 0 fully saturated rings. The van der Waals surface area contributed by atoms with Crippen LogP contribution in [0.2, 0.25) is 5.02 Å². The summed E-state index contributed by atoms with van der Waals surface area (Å²) in [5.74, 6) is 1.21. The summed E-state index contributed by atoms with van der Waals surface area (Å²) in [6.07, 6.45) is 1.92. The Hall–Kier alpha value is -2.68. The van der Waals surface area contributed by atoms with E-state index < -0.39 is 5.82 Å². The van der Waals surface area contributed by atoms with Gasteiger partial charge in [0.15, 0.2) is 17.7 Å². The number of nitrogens with one attached hydrogen (secondary N) is 2. The maximum absolute atomic E-state index is 13.8. The number of anilines is 2. The molecule has 0 saturated carbocycles. The van der Waals surface area contributed by atoms with Gasteiger partial charge < -0.3 is 20.5 Å². The van der Waals surface area contributed by atoms with Crippen molar-refractivity contribution >= 4 is 34.0 Å². The largest absolute Gasteiger partial charge is 0.489 e. The van der Waals surface area contributed by atoms with E-state index >= 15 is 0 Å². The van der Waals surface area contributed by atoms with Crippen LogP contribution in [-0.4, -0.2) is 35.9 Å². The molecular formula is C19H19ClFN5O2. The van der Waals surface area contributed by atoms with Crippen LogP contribution in [-0.2, 0) is 0 Å². The minimum Gasteiger partial charge on any atom is -0.489 e. The second kappa shape index (κ2) is 8.14. The first kappa shape index (κ1) is 18.7. The maximum atomic E-state index is 13.8. The molecule has 1 aliphatic rings. The molecule has 9 heteroatoms. The van der Waals surface area contributed by atoms with Crippen molar-refractivity contribution in [2.75, 3.05) is 25.0 Å². The summed E-state index contributed by atoms with van der Waals surface area (Å²) < 4.78 is 25.6. The van der Waals surface area contributed by atoms with E-state index in [0.717, 1.165) is 5.39 Å². The van der Waals surface area contributed by atoms with E-state index in [0.29, 0.717) is 54.6 Å². The Morgan fingerprint density at radius 1 is 1.21 bits per heavy atom. The maximum Gasteiger partial charge on any atom is 0.164 e. The molecule has 0 aliphatic carbocycles. The molecule has 1 aliphatic heterocycles. The van der Waals surface area contributed by atoms with Crippen molar-refractivity contribution in [2.24, 2.45) is 5.73 Å². The number of benzene rings is 2. The topological polar surface area (TPSA) is 94.3 Å². The molecule has 146 valence electrons. The summed E-state index contributed by atoms with van der Waals surface area (Å²) >= 11 is 5.75. The third kappa shape index (κ3) is 3.94. The van der Waals surface area contributed by atoms with E-state index in [9.17, 15) is 4.39 Å². The summed E-state index contributed by atoms with van der Waals surface area (Å²) in [7, 11) is 0. The van der Waals surface area contributed by atoms with Crippen molar-refractivity contribution in [1.82, 2.24) is 15.3 Å². The van der Waals surface area contributed by atoms with Gasteiger partial charge in [-0.05, 0) is 24.3 Å². The van der Waals surface area contributed by atoms with Crippen LogP contribution in [0.3, 0.4) is 0 Å². The van der Waals surface area contributed by atoms with Crippen molar-refractivity contribution in [3.05, 3.63) is 47.5 Å². The van der Waals surface area contributed by atoms with Gasteiger partial charge >= 0.3 is 0 Å². The SMILES string of the molecule is NCCNC1CCOc2cc3ncnc(Nc4ccc(Cl)c(F)c4)c3cc2O1. The summed E-state index contributed by atoms with van der Waals surface area (Å²) in [6, 6.07) is 8.10. The highest BCUT2D eigenvalue weighted by atomic mass is 35.5. The molecule has 1 atom stereocenters. The highest BCUT2D eigenvalue weighted by molar-refractivity contribution is 6.30. The number of fused-ring (bicyclic) bond motifs is 2. The van der Waals surface area contributed by atoms with Crippen LogP contribution in [0.5, 0.6) is 11.5 Å². The summed E-state index contributed by atoms with van der Waals surface area (Å²) in [4.78, 5) is 8.60. The van der Waals surface area contributed by atoms with Crippen LogP contribution < -0.4 is 25.8 Å². The molecular weight excluding hydrogens is 385 g/mol. The monoisotopic (exact) mass is 403 g/mol. The fourth-order valence-corrected chi connectivity index (χ4v) is 3.07. The summed E-state index contributed by atoms with van der Waals surface area (Å²) in [6.45, 7) is 1.68. The van der Waals surface area contributed by atoms with E-state index in [1.165, 1.54) is 18.5 Å². The van der Waals surface area contributed by atoms with Gasteiger partial charge in [-0.15, -0.1) is 0 Å². The number of rotatable bonds is 5. The fraction of sp³-hybridized carbons (Fsp3) is 0.263. The third-order valence-corrected chi connectivity index (χ3v) is 4.61. The quantitative estimate of drug-likeness (QED) is 0.602. The Morgan fingerprint density at radius 3 is 2.93 bits per heavy atom. The molecule has 3 aromatic rings. The van der Waals surface area contributed by atoms with Gasteiger partial charge in [-0.2, -0.15) is 0 Å². The third-order valence-electron chi connectivity index (χ3n) is 4.31. The Labute approximate surface area is 166 Å². The Balaban J connectivity index is 1.69. The normalized spacial score (nSPS) is 16.0. The lowest BCUT2D eigenvalue weighted by molar-refractivity contribution is 0.156. The number of nitrogens with zero attached hydrogens (tertiary/aromatic N) is 2. The van der Waals surface area contributed by atoms with Gasteiger partial charge in [0.1, 0.15) is 18.0 Å². The molecule has 7 nitrogen and oxygen atoms in total. The first-order valence-corrected chi connectivity index (χ1v) is 9.25. The van der Waals surface area contributed by atoms with Gasteiger partial charge in [-0.25, -0.2) is 14.4 Å². The van der Waals surface area contributed by atoms with Gasteiger partial charge in [-0.3, -0.25) is 5.32 Å². The molecule has 0 spiro atoms. The molecule has 4 N–H and O–H groups in total. The van der Waals surface area contributed by atoms with Crippen LogP contribution in [0.25, 0.3) is 10.9 Å². The van der Waals surface area contributed by atoms with Crippen molar-refractivity contribution in [2.45, 2.75) is 12.6 Å². The second-order valence-corrected chi connectivity index (χ2v) is 6.69. The van der Waals surface area contributed by atoms with Gasteiger partial charge in [0.25, 0.3) is 0 Å². The fourth-order valence-electron chi connectivity index (χ4n) is 2.96. The first-order chi connectivity index (χ1) is 13.6. The van der Waals surface area contributed by atoms with Crippen LogP contribution in [0.15, 0.2) is 36.7 Å². The predicted molar refractivity (Wildman–Crippen MR) is 106 cm³/mol. The molecule has 0 radical (unpaired) electrons. The zero-order valence-corrected chi connectivity index (χ0v) is 15.7. The Bertz CT molecular complexity index is 1000. The molecule has 0 saturated heterocycles. The lowest BCUT2D eigenvalue weighted by Gasteiger charge is -2.17. The standard InChI is InChI=1S/C19H19ClFN5O2/c20-13-2-1-11(7-14(13)21)26-19-12-8-17-16(9-15(12)24-10-25-19)27-6-3-18(28-17)23-5-4-22/h1-2,7-10,18,23H,3-6,22H2,(H,24,25,26). The van der Waals surface area contributed by atoms with Crippen LogP contribution in [0, 0.1) is 5.82 Å². The van der Waals surface area contributed by atoms with E-state index in [4.69, 9.17) is 26.8 Å². The highest BCUT2D eigenvalue weighted by Gasteiger charge is 2.20. The van der Waals surface area contributed by atoms with Crippen molar-refractivity contribution in [1.29, 1.82) is 0 Å². The minimum atomic E-state index is -0.510. The Kier molecular flexibility index (Phi) is 5.43. The lowest BCUT2D eigenvalue weighted by atomic mass is 10.2. The zero-order valence-electron chi connectivity index (χ0n) is 14.9. The average Bonchev–Trinajstić information content (AvgIpc) is 2.89. The molecule has 28 heavy (non-hydrogen) atoms. The number of ether oxygens (including phenoxy) is 2. The number of aromatic nitrogens is 2. The number of hydrogen-bond acceptors (Lipinski definition) is 7. The van der Waals surface area contributed by atoms with Gasteiger partial charge in [0.05, 0.1) is 17.1 Å². The average molecular weight is 404 g/mol. The molecule has 0 amide bonds. The van der Waals surface area contributed by atoms with Crippen LogP contribution >= 0.6 is 11.6 Å². The van der Waals surface area contributed by atoms with Crippen molar-refractivity contribution in [3.8, 4) is 11.5 Å². The van der Waals surface area contributed by atoms with Gasteiger partial charge in [0, 0.05) is 36.7 Å². The minimum absolute atomic E-state index is 0.0602. The number of hydrogen-bond donors (Lipinski definition) is 3. The number of halogens is 2. The molecule has 1 unspecified atom stereocenters. The zero-order chi connectivity index (χ0) is 19.5. The number of nitrogens with two attached hydrogens (primary N) is 1.